The van der Waals surface area contributed by atoms with Crippen molar-refractivity contribution in [1.29, 1.82) is 0 Å². The molecule has 0 bridgehead atoms. The third-order valence-electron chi connectivity index (χ3n) is 3.80. The van der Waals surface area contributed by atoms with Gasteiger partial charge in [-0.3, -0.25) is 0 Å². The van der Waals surface area contributed by atoms with E-state index in [0.29, 0.717) is 5.56 Å². The number of aromatic hydroxyl groups is 1. The maximum Gasteiger partial charge on any atom is 0.160 e. The van der Waals surface area contributed by atoms with E-state index in [2.05, 4.69) is 0 Å². The molecule has 1 aliphatic rings. The summed E-state index contributed by atoms with van der Waals surface area (Å²) in [7, 11) is 0. The molecule has 0 radical (unpaired) electrons. The Morgan fingerprint density at radius 2 is 1.67 bits per heavy atom. The molecule has 0 aromatic heterocycles. The van der Waals surface area contributed by atoms with Crippen LogP contribution < -0.4 is 0 Å². The fourth-order valence-electron chi connectivity index (χ4n) is 2.50. The molecule has 7 heteroatoms. The molecule has 2 unspecified atom stereocenters. The van der Waals surface area contributed by atoms with E-state index in [9.17, 15) is 25.5 Å². The topological polar surface area (TPSA) is 131 Å². The van der Waals surface area contributed by atoms with Crippen LogP contribution in [0.25, 0.3) is 0 Å². The molecule has 6 N–H and O–H groups in total. The second kappa shape index (κ2) is 6.69. The molecule has 0 aliphatic carbocycles. The number of phenolic OH excluding ortho intramolecular Hbond substituents is 1. The number of hydrogen-bond donors (Lipinski definition) is 6. The molecule has 1 aromatic rings. The SMILES string of the molecule is OC[C@H]1OC(O)[C@H](CC(O)c2ccc(O)cc2)[C@@H](O)[C@@H]1O. The van der Waals surface area contributed by atoms with Crippen molar-refractivity contribution in [3.63, 3.8) is 0 Å². The highest BCUT2D eigenvalue weighted by Crippen LogP contribution is 2.32. The Morgan fingerprint density at radius 3 is 2.24 bits per heavy atom. The predicted octanol–water partition coefficient (Wildman–Crippen LogP) is -1.14. The summed E-state index contributed by atoms with van der Waals surface area (Å²) < 4.78 is 5.03. The van der Waals surface area contributed by atoms with Gasteiger partial charge in [0.05, 0.1) is 18.8 Å². The maximum atomic E-state index is 10.1. The van der Waals surface area contributed by atoms with Gasteiger partial charge >= 0.3 is 0 Å². The Bertz CT molecular complexity index is 449. The average Bonchev–Trinajstić information content (AvgIpc) is 2.47. The zero-order chi connectivity index (χ0) is 15.6. The lowest BCUT2D eigenvalue weighted by Crippen LogP contribution is -2.55. The number of phenols is 1. The minimum atomic E-state index is -1.40. The Kier molecular flexibility index (Phi) is 5.15. The molecule has 0 spiro atoms. The molecule has 6 atom stereocenters. The first-order chi connectivity index (χ1) is 9.93. The fourth-order valence-corrected chi connectivity index (χ4v) is 2.50. The molecule has 1 aliphatic heterocycles. The van der Waals surface area contributed by atoms with E-state index >= 15 is 0 Å². The van der Waals surface area contributed by atoms with Crippen molar-refractivity contribution in [2.45, 2.75) is 37.1 Å². The summed E-state index contributed by atoms with van der Waals surface area (Å²) >= 11 is 0. The number of aliphatic hydroxyl groups is 5. The second-order valence-electron chi connectivity index (χ2n) is 5.24. The van der Waals surface area contributed by atoms with E-state index in [1.165, 1.54) is 24.3 Å². The monoisotopic (exact) mass is 300 g/mol. The Balaban J connectivity index is 2.05. The average molecular weight is 300 g/mol. The first-order valence-electron chi connectivity index (χ1n) is 6.71. The molecule has 2 rings (SSSR count). The van der Waals surface area contributed by atoms with Crippen molar-refractivity contribution in [2.24, 2.45) is 5.92 Å². The zero-order valence-corrected chi connectivity index (χ0v) is 11.3. The quantitative estimate of drug-likeness (QED) is 0.414. The van der Waals surface area contributed by atoms with Crippen LogP contribution in [0.5, 0.6) is 5.75 Å². The molecule has 21 heavy (non-hydrogen) atoms. The standard InChI is InChI=1S/C14H20O7/c15-6-11-13(19)12(18)9(14(20)21-11)5-10(17)7-1-3-8(16)4-2-7/h1-4,9-20H,5-6H2/t9-,10?,11-,12-,13-,14?/m1/s1. The van der Waals surface area contributed by atoms with E-state index in [1.54, 1.807) is 0 Å². The summed E-state index contributed by atoms with van der Waals surface area (Å²) in [6, 6.07) is 5.88. The van der Waals surface area contributed by atoms with Crippen molar-refractivity contribution in [2.75, 3.05) is 6.61 Å². The van der Waals surface area contributed by atoms with Crippen molar-refractivity contribution < 1.29 is 35.4 Å². The maximum absolute atomic E-state index is 10.1. The smallest absolute Gasteiger partial charge is 0.160 e. The highest BCUT2D eigenvalue weighted by molar-refractivity contribution is 5.27. The normalized spacial score (nSPS) is 34.6. The number of hydrogen-bond acceptors (Lipinski definition) is 7. The van der Waals surface area contributed by atoms with Crippen LogP contribution in [0.3, 0.4) is 0 Å². The van der Waals surface area contributed by atoms with Crippen LogP contribution in [-0.4, -0.2) is 61.8 Å². The first-order valence-corrected chi connectivity index (χ1v) is 6.71. The predicted molar refractivity (Wildman–Crippen MR) is 71.2 cm³/mol. The molecule has 0 saturated carbocycles. The Labute approximate surface area is 121 Å². The molecule has 1 heterocycles. The van der Waals surface area contributed by atoms with E-state index in [4.69, 9.17) is 9.84 Å². The van der Waals surface area contributed by atoms with E-state index in [0.717, 1.165) is 0 Å². The largest absolute Gasteiger partial charge is 0.508 e. The summed E-state index contributed by atoms with van der Waals surface area (Å²) in [6.45, 7) is -0.525. The van der Waals surface area contributed by atoms with Crippen LogP contribution in [0.15, 0.2) is 24.3 Å². The van der Waals surface area contributed by atoms with E-state index in [-0.39, 0.29) is 12.2 Å². The molecular formula is C14H20O7. The molecule has 7 nitrogen and oxygen atoms in total. The van der Waals surface area contributed by atoms with E-state index in [1.807, 2.05) is 0 Å². The molecule has 1 fully saturated rings. The van der Waals surface area contributed by atoms with Crippen LogP contribution in [0, 0.1) is 5.92 Å². The fraction of sp³-hybridized carbons (Fsp3) is 0.571. The zero-order valence-electron chi connectivity index (χ0n) is 11.3. The lowest BCUT2D eigenvalue weighted by atomic mass is 9.85. The van der Waals surface area contributed by atoms with Crippen LogP contribution in [0.4, 0.5) is 0 Å². The molecule has 0 amide bonds. The lowest BCUT2D eigenvalue weighted by molar-refractivity contribution is -0.273. The van der Waals surface area contributed by atoms with Gasteiger partial charge < -0.3 is 35.4 Å². The number of aliphatic hydroxyl groups excluding tert-OH is 5. The minimum Gasteiger partial charge on any atom is -0.508 e. The minimum absolute atomic E-state index is 0.0394. The van der Waals surface area contributed by atoms with Gasteiger partial charge in [-0.15, -0.1) is 0 Å². The summed E-state index contributed by atoms with van der Waals surface area (Å²) in [5.74, 6) is -0.833. The van der Waals surface area contributed by atoms with Crippen molar-refractivity contribution >= 4 is 0 Å². The van der Waals surface area contributed by atoms with Crippen LogP contribution in [-0.2, 0) is 4.74 Å². The third kappa shape index (κ3) is 3.52. The van der Waals surface area contributed by atoms with Gasteiger partial charge in [-0.2, -0.15) is 0 Å². The van der Waals surface area contributed by atoms with Gasteiger partial charge in [-0.25, -0.2) is 0 Å². The molecule has 1 aromatic carbocycles. The Morgan fingerprint density at radius 1 is 1.05 bits per heavy atom. The second-order valence-corrected chi connectivity index (χ2v) is 5.24. The number of rotatable bonds is 4. The Hall–Kier alpha value is -1.22. The van der Waals surface area contributed by atoms with Crippen LogP contribution in [0.2, 0.25) is 0 Å². The number of benzene rings is 1. The lowest BCUT2D eigenvalue weighted by Gasteiger charge is -2.40. The summed E-state index contributed by atoms with van der Waals surface area (Å²) in [6.07, 6.45) is -6.15. The highest BCUT2D eigenvalue weighted by Gasteiger charge is 2.44. The number of ether oxygens (including phenoxy) is 1. The van der Waals surface area contributed by atoms with Crippen molar-refractivity contribution in [3.05, 3.63) is 29.8 Å². The van der Waals surface area contributed by atoms with Gasteiger partial charge in [0, 0.05) is 5.92 Å². The summed E-state index contributed by atoms with van der Waals surface area (Å²) in [4.78, 5) is 0. The first kappa shape index (κ1) is 16.2. The van der Waals surface area contributed by atoms with Crippen LogP contribution >= 0.6 is 0 Å². The molecule has 1 saturated heterocycles. The third-order valence-corrected chi connectivity index (χ3v) is 3.80. The van der Waals surface area contributed by atoms with E-state index < -0.39 is 43.2 Å². The van der Waals surface area contributed by atoms with Gasteiger partial charge in [0.1, 0.15) is 18.0 Å². The van der Waals surface area contributed by atoms with Gasteiger partial charge in [-0.05, 0) is 24.1 Å². The van der Waals surface area contributed by atoms with Gasteiger partial charge in [0.2, 0.25) is 0 Å². The molecular weight excluding hydrogens is 280 g/mol. The van der Waals surface area contributed by atoms with Crippen molar-refractivity contribution in [3.8, 4) is 5.75 Å². The van der Waals surface area contributed by atoms with Gasteiger partial charge in [-0.1, -0.05) is 12.1 Å². The van der Waals surface area contributed by atoms with Crippen LogP contribution in [0.1, 0.15) is 18.1 Å². The summed E-state index contributed by atoms with van der Waals surface area (Å²) in [5.41, 5.74) is 0.506. The van der Waals surface area contributed by atoms with Gasteiger partial charge in [0.15, 0.2) is 6.29 Å². The highest BCUT2D eigenvalue weighted by atomic mass is 16.6. The van der Waals surface area contributed by atoms with Crippen molar-refractivity contribution in [1.82, 2.24) is 0 Å². The summed E-state index contributed by atoms with van der Waals surface area (Å²) in [5, 5.41) is 57.9. The van der Waals surface area contributed by atoms with Gasteiger partial charge in [0.25, 0.3) is 0 Å². The molecule has 118 valence electrons.